The molecule has 120 heavy (non-hydrogen) atoms. The number of anilines is 4. The second-order valence-corrected chi connectivity index (χ2v) is 45.4. The molecule has 0 saturated carbocycles. The van der Waals surface area contributed by atoms with Crippen LogP contribution in [-0.2, 0) is 36.1 Å². The largest absolute Gasteiger partial charge is 0.0622 e. The normalized spacial score (nSPS) is 12.8. The molecule has 2 aliphatic carbocycles. The van der Waals surface area contributed by atoms with Gasteiger partial charge in [-0.25, -0.2) is 8.42 Å². The van der Waals surface area contributed by atoms with E-state index in [1.807, 2.05) is 55.5 Å². The fourth-order valence-corrected chi connectivity index (χ4v) is 23.4. The van der Waals surface area contributed by atoms with Gasteiger partial charge < -0.3 is 19.6 Å². The monoisotopic (exact) mass is 1900 g/mol. The van der Waals surface area contributed by atoms with E-state index in [1.165, 1.54) is 176 Å². The van der Waals surface area contributed by atoms with Crippen LogP contribution < -0.4 is 35.5 Å². The van der Waals surface area contributed by atoms with Crippen LogP contribution in [0.4, 0.5) is 22.7 Å². The molecule has 16 rings (SSSR count). The van der Waals surface area contributed by atoms with E-state index in [9.17, 15) is 8.42 Å². The van der Waals surface area contributed by atoms with Crippen molar-refractivity contribution in [2.75, 3.05) is 45.8 Å². The molecule has 4 aliphatic rings. The van der Waals surface area contributed by atoms with Crippen molar-refractivity contribution in [1.29, 1.82) is 10.5 Å². The van der Waals surface area contributed by atoms with Crippen LogP contribution in [0.25, 0.3) is 11.1 Å². The van der Waals surface area contributed by atoms with Crippen molar-refractivity contribution in [1.82, 2.24) is 0 Å². The van der Waals surface area contributed by atoms with Crippen molar-refractivity contribution in [2.45, 2.75) is 124 Å². The van der Waals surface area contributed by atoms with Crippen LogP contribution in [-0.4, -0.2) is 42.8 Å². The van der Waals surface area contributed by atoms with Gasteiger partial charge in [0.15, 0.2) is 0 Å². The Morgan fingerprint density at radius 2 is 0.550 bits per heavy atom. The quantitative estimate of drug-likeness (QED) is 0.0578. The molecule has 2 heterocycles. The number of hydrogen-bond donors (Lipinski definition) is 0. The summed E-state index contributed by atoms with van der Waals surface area (Å²) in [5, 5.41) is 18.8. The SMILES string of the molecule is C.C.CC#N.CC#N.Cc1cc(C)c(N2[CH-]N(c3c(C)cc(C)cc3C)CC2)c(C)c1.Cc1cc(C)c(N2[CH-]N(c3c(C)cc(C)cc3C)CC2)c(C)c1.Cc1ccc(S(=O)(=O)Cl)cc1.[Cl][Ru]([Cl])=[C]1C=C(c2ccccc2)c2ccccc21.[Cl][Ru]([Cl])=[C]1C=C(c2ccccc2)c2ccccc21.c1ccc(P(c2ccccc2)c2ccccc2)cc1. The Bertz CT molecular complexity index is 5200. The van der Waals surface area contributed by atoms with Crippen molar-refractivity contribution < 1.29 is 35.5 Å². The molecule has 628 valence electrons. The zero-order valence-corrected chi connectivity index (χ0v) is 78.5. The first-order chi connectivity index (χ1) is 56.5. The fraction of sp³-hybridized carbons (Fsp3) is 0.204. The summed E-state index contributed by atoms with van der Waals surface area (Å²) in [4.78, 5) is 9.77. The third-order valence-corrected chi connectivity index (χ3v) is 29.8. The average Bonchev–Trinajstić information content (AvgIpc) is 1.68. The van der Waals surface area contributed by atoms with E-state index in [2.05, 4.69) is 328 Å². The molecular weight excluding hydrogens is 1800 g/mol. The second-order valence-electron chi connectivity index (χ2n) is 29.0. The minimum atomic E-state index is -3.55. The second kappa shape index (κ2) is 47.5. The van der Waals surface area contributed by atoms with E-state index in [0.29, 0.717) is 0 Å². The molecular formula is C103H110Cl5N6O2PRu2S-2. The van der Waals surface area contributed by atoms with Crippen molar-refractivity contribution in [3.63, 3.8) is 0 Å². The molecule has 12 aromatic rings. The number of allylic oxidation sites excluding steroid dienone is 2. The predicted molar refractivity (Wildman–Crippen MR) is 518 cm³/mol. The number of hydrogen-bond acceptors (Lipinski definition) is 8. The molecule has 0 aromatic heterocycles. The summed E-state index contributed by atoms with van der Waals surface area (Å²) < 4.78 is 23.7. The molecule has 2 saturated heterocycles. The van der Waals surface area contributed by atoms with Crippen molar-refractivity contribution in [3.8, 4) is 12.1 Å². The Morgan fingerprint density at radius 3 is 0.775 bits per heavy atom. The van der Waals surface area contributed by atoms with Crippen LogP contribution in [0.1, 0.15) is 134 Å². The number of halogens is 5. The van der Waals surface area contributed by atoms with Gasteiger partial charge in [-0.15, -0.1) is 0 Å². The number of fused-ring (bicyclic) bond motifs is 2. The van der Waals surface area contributed by atoms with Gasteiger partial charge in [0, 0.05) is 73.5 Å². The van der Waals surface area contributed by atoms with Crippen molar-refractivity contribution >= 4 is 124 Å². The van der Waals surface area contributed by atoms with Crippen LogP contribution >= 0.6 is 57.4 Å². The van der Waals surface area contributed by atoms with Gasteiger partial charge in [-0.2, -0.15) is 23.9 Å². The van der Waals surface area contributed by atoms with E-state index >= 15 is 0 Å². The molecule has 0 atom stereocenters. The maximum absolute atomic E-state index is 10.7. The zero-order valence-electron chi connectivity index (χ0n) is 69.6. The van der Waals surface area contributed by atoms with Crippen LogP contribution in [0.15, 0.2) is 290 Å². The number of benzene rings is 12. The molecule has 0 bridgehead atoms. The Morgan fingerprint density at radius 1 is 0.333 bits per heavy atom. The molecule has 17 heteroatoms. The van der Waals surface area contributed by atoms with E-state index in [4.69, 9.17) is 60.0 Å². The van der Waals surface area contributed by atoms with Gasteiger partial charge in [0.25, 0.3) is 9.05 Å². The summed E-state index contributed by atoms with van der Waals surface area (Å²) in [6, 6.07) is 97.8. The van der Waals surface area contributed by atoms with Crippen LogP contribution in [0.5, 0.6) is 0 Å². The smallest absolute Gasteiger partial charge is 0.0134 e. The maximum atomic E-state index is 10.7. The van der Waals surface area contributed by atoms with Crippen LogP contribution in [0, 0.1) is 126 Å². The molecule has 2 aliphatic heterocycles. The Hall–Kier alpha value is -8.88. The minimum Gasteiger partial charge on any atom is -0.0622 e. The predicted octanol–water partition coefficient (Wildman–Crippen LogP) is 26.8. The number of rotatable bonds is 10. The summed E-state index contributed by atoms with van der Waals surface area (Å²) in [6.07, 6.45) is 4.30. The van der Waals surface area contributed by atoms with Crippen LogP contribution in [0.2, 0.25) is 0 Å². The fourth-order valence-electron chi connectivity index (χ4n) is 15.4. The van der Waals surface area contributed by atoms with E-state index in [1.54, 1.807) is 24.3 Å². The average molecular weight is 1910 g/mol. The first kappa shape index (κ1) is 98.2. The summed E-state index contributed by atoms with van der Waals surface area (Å²) in [5.74, 6) is 0. The number of aryl methyl sites for hydroxylation is 13. The van der Waals surface area contributed by atoms with Gasteiger partial charge in [0.2, 0.25) is 0 Å². The molecule has 0 N–H and O–H groups in total. The Balaban J connectivity index is 0.000000197. The summed E-state index contributed by atoms with van der Waals surface area (Å²) in [5.41, 5.74) is 32.4. The molecule has 2 fully saturated rings. The molecule has 0 unspecified atom stereocenters. The third-order valence-electron chi connectivity index (χ3n) is 19.7. The van der Waals surface area contributed by atoms with Gasteiger partial charge in [-0.3, -0.25) is 0 Å². The van der Waals surface area contributed by atoms with Crippen LogP contribution in [0.3, 0.4) is 0 Å². The zero-order chi connectivity index (χ0) is 85.3. The van der Waals surface area contributed by atoms with Gasteiger partial charge in [-0.05, 0) is 170 Å². The summed E-state index contributed by atoms with van der Waals surface area (Å²) >= 11 is -3.76. The molecule has 0 amide bonds. The standard InChI is InChI=1S/2C21H27N2.C18H15P.2C15H10.C7H7ClO2S.2C2H3N.2CH4.4ClH.2Ru/c2*1-14-9-16(3)20(17(4)10-14)22-7-8-23(13-22)21-18(5)11-15(2)12-19(21)6;1-4-10-16(11-5-1)19(17-12-6-2-7-13-17)18-14-8-3-9-15-18;2*1-2-6-12(7-3-1)15-11-10-13-8-4-5-9-14(13)15;1-6-2-4-7(5-3-6)11(8,9)10;2*1-2-3;;;;;;;;/h2*9-13H,7-8H2,1-6H3;1-15H;2*1-9,11H;2-5H,1H3;2*1H3;2*1H4;4*1H;;/q2*-1;;;;;;;;;;;;;2*+2/p-4. The minimum absolute atomic E-state index is 0. The van der Waals surface area contributed by atoms with E-state index in [-0.39, 0.29) is 19.7 Å². The number of nitriles is 2. The third kappa shape index (κ3) is 26.6. The number of nitrogens with zero attached hydrogens (tertiary/aromatic N) is 6. The van der Waals surface area contributed by atoms with Gasteiger partial charge in [0.05, 0.1) is 17.0 Å². The summed E-state index contributed by atoms with van der Waals surface area (Å²) in [6.45, 7) is 39.9. The molecule has 0 radical (unpaired) electrons. The Kier molecular flexibility index (Phi) is 38.9. The van der Waals surface area contributed by atoms with Gasteiger partial charge >= 0.3 is 240 Å². The van der Waals surface area contributed by atoms with Gasteiger partial charge in [0.1, 0.15) is 0 Å². The molecule has 12 aromatic carbocycles. The van der Waals surface area contributed by atoms with E-state index < -0.39 is 44.0 Å². The van der Waals surface area contributed by atoms with E-state index in [0.717, 1.165) is 40.0 Å². The maximum Gasteiger partial charge on any atom is -0.0134 e. The van der Waals surface area contributed by atoms with Crippen molar-refractivity contribution in [2.24, 2.45) is 0 Å². The molecule has 8 nitrogen and oxygen atoms in total. The Labute approximate surface area is 749 Å². The first-order valence-corrected chi connectivity index (χ1v) is 53.0. The topological polar surface area (TPSA) is 94.7 Å². The van der Waals surface area contributed by atoms with Gasteiger partial charge in [-0.1, -0.05) is 194 Å². The summed E-state index contributed by atoms with van der Waals surface area (Å²) in [7, 11) is 25.9. The molecule has 0 spiro atoms. The van der Waals surface area contributed by atoms with Crippen molar-refractivity contribution in [3.05, 3.63) is 404 Å². The first-order valence-electron chi connectivity index (χ1n) is 38.7.